The van der Waals surface area contributed by atoms with Crippen molar-refractivity contribution in [2.75, 3.05) is 18.9 Å². The molecule has 7 nitrogen and oxygen atoms in total. The summed E-state index contributed by atoms with van der Waals surface area (Å²) in [4.78, 5) is 26.1. The van der Waals surface area contributed by atoms with Crippen molar-refractivity contribution >= 4 is 22.8 Å². The van der Waals surface area contributed by atoms with E-state index in [4.69, 9.17) is 4.98 Å². The minimum Gasteiger partial charge on any atom is -0.341 e. The Bertz CT molecular complexity index is 1090. The Hall–Kier alpha value is -3.14. The molecule has 1 aliphatic heterocycles. The van der Waals surface area contributed by atoms with Gasteiger partial charge in [-0.1, -0.05) is 0 Å². The highest BCUT2D eigenvalue weighted by atomic mass is 19.4. The van der Waals surface area contributed by atoms with Crippen molar-refractivity contribution in [2.45, 2.75) is 44.9 Å². The molecule has 3 aromatic rings. The summed E-state index contributed by atoms with van der Waals surface area (Å²) >= 11 is 0. The first-order chi connectivity index (χ1) is 15.1. The average Bonchev–Trinajstić information content (AvgIpc) is 3.12. The summed E-state index contributed by atoms with van der Waals surface area (Å²) in [5, 5.41) is 5.47. The molecule has 0 saturated carbocycles. The fourth-order valence-electron chi connectivity index (χ4n) is 3.97. The summed E-state index contributed by atoms with van der Waals surface area (Å²) in [7, 11) is 2.03. The van der Waals surface area contributed by atoms with Crippen LogP contribution in [0.5, 0.6) is 0 Å². The number of benzene rings is 1. The SMILES string of the molecule is Cc1cc2nc(C3CC(NC(=O)Nc4ccc(C(F)(F)F)nc4)CCN3C)[nH]c2cc1C. The number of rotatable bonds is 3. The first-order valence-electron chi connectivity index (χ1n) is 10.4. The van der Waals surface area contributed by atoms with Crippen molar-refractivity contribution in [3.63, 3.8) is 0 Å². The molecule has 2 aromatic heterocycles. The van der Waals surface area contributed by atoms with E-state index in [1.807, 2.05) is 7.05 Å². The second kappa shape index (κ2) is 8.42. The van der Waals surface area contributed by atoms with Gasteiger partial charge in [0.1, 0.15) is 11.5 Å². The Morgan fingerprint density at radius 3 is 2.66 bits per heavy atom. The summed E-state index contributed by atoms with van der Waals surface area (Å²) in [6.45, 7) is 4.89. The second-order valence-electron chi connectivity index (χ2n) is 8.32. The highest BCUT2D eigenvalue weighted by molar-refractivity contribution is 5.89. The van der Waals surface area contributed by atoms with Crippen LogP contribution in [0.2, 0.25) is 0 Å². The number of piperidine rings is 1. The number of amides is 2. The van der Waals surface area contributed by atoms with E-state index in [9.17, 15) is 18.0 Å². The number of likely N-dealkylation sites (tertiary alicyclic amines) is 1. The number of aromatic nitrogens is 3. The topological polar surface area (TPSA) is 85.9 Å². The van der Waals surface area contributed by atoms with Crippen LogP contribution < -0.4 is 10.6 Å². The van der Waals surface area contributed by atoms with Gasteiger partial charge in [-0.15, -0.1) is 0 Å². The monoisotopic (exact) mass is 446 g/mol. The molecule has 3 N–H and O–H groups in total. The molecule has 0 spiro atoms. The molecule has 170 valence electrons. The first-order valence-corrected chi connectivity index (χ1v) is 10.4. The van der Waals surface area contributed by atoms with Gasteiger partial charge >= 0.3 is 12.2 Å². The van der Waals surface area contributed by atoms with Gasteiger partial charge in [0, 0.05) is 12.6 Å². The van der Waals surface area contributed by atoms with Crippen molar-refractivity contribution in [1.29, 1.82) is 0 Å². The zero-order valence-corrected chi connectivity index (χ0v) is 18.0. The molecule has 2 unspecified atom stereocenters. The number of pyridine rings is 1. The number of aryl methyl sites for hydroxylation is 2. The fraction of sp³-hybridized carbons (Fsp3) is 0.409. The predicted octanol–water partition coefficient (Wildman–Crippen LogP) is 4.55. The van der Waals surface area contributed by atoms with Crippen LogP contribution in [0.25, 0.3) is 11.0 Å². The number of nitrogens with one attached hydrogen (secondary N) is 3. The zero-order valence-electron chi connectivity index (χ0n) is 18.0. The third-order valence-corrected chi connectivity index (χ3v) is 5.95. The van der Waals surface area contributed by atoms with E-state index in [1.54, 1.807) is 0 Å². The minimum absolute atomic E-state index is 0.00907. The van der Waals surface area contributed by atoms with Crippen molar-refractivity contribution in [2.24, 2.45) is 0 Å². The van der Waals surface area contributed by atoms with E-state index < -0.39 is 17.9 Å². The molecule has 4 rings (SSSR count). The van der Waals surface area contributed by atoms with Gasteiger partial charge in [-0.25, -0.2) is 14.8 Å². The first kappa shape index (κ1) is 22.1. The maximum atomic E-state index is 12.6. The number of alkyl halides is 3. The van der Waals surface area contributed by atoms with Crippen LogP contribution in [0, 0.1) is 13.8 Å². The van der Waals surface area contributed by atoms with Gasteiger partial charge < -0.3 is 15.6 Å². The number of H-pyrrole nitrogens is 1. The molecular formula is C22H25F3N6O. The van der Waals surface area contributed by atoms with E-state index in [2.05, 4.69) is 51.5 Å². The molecule has 1 fully saturated rings. The Morgan fingerprint density at radius 2 is 1.97 bits per heavy atom. The molecule has 0 aliphatic carbocycles. The summed E-state index contributed by atoms with van der Waals surface area (Å²) in [5.74, 6) is 0.853. The number of aromatic amines is 1. The van der Waals surface area contributed by atoms with Crippen molar-refractivity contribution in [1.82, 2.24) is 25.2 Å². The van der Waals surface area contributed by atoms with E-state index in [-0.39, 0.29) is 17.8 Å². The molecule has 3 heterocycles. The number of hydrogen-bond acceptors (Lipinski definition) is 4. The summed E-state index contributed by atoms with van der Waals surface area (Å²) in [5.41, 5.74) is 3.47. The molecular weight excluding hydrogens is 421 g/mol. The highest BCUT2D eigenvalue weighted by Gasteiger charge is 2.32. The summed E-state index contributed by atoms with van der Waals surface area (Å²) < 4.78 is 37.9. The van der Waals surface area contributed by atoms with Gasteiger partial charge in [0.15, 0.2) is 0 Å². The molecule has 1 aliphatic rings. The fourth-order valence-corrected chi connectivity index (χ4v) is 3.97. The number of imidazole rings is 1. The van der Waals surface area contributed by atoms with Crippen molar-refractivity contribution in [3.05, 3.63) is 53.1 Å². The third-order valence-electron chi connectivity index (χ3n) is 5.95. The van der Waals surface area contributed by atoms with Crippen molar-refractivity contribution < 1.29 is 18.0 Å². The van der Waals surface area contributed by atoms with Gasteiger partial charge in [-0.2, -0.15) is 13.2 Å². The van der Waals surface area contributed by atoms with Crippen LogP contribution in [0.15, 0.2) is 30.5 Å². The van der Waals surface area contributed by atoms with Crippen LogP contribution in [0.1, 0.15) is 41.5 Å². The van der Waals surface area contributed by atoms with Gasteiger partial charge in [0.2, 0.25) is 0 Å². The number of fused-ring (bicyclic) bond motifs is 1. The lowest BCUT2D eigenvalue weighted by Crippen LogP contribution is -2.46. The maximum absolute atomic E-state index is 12.6. The Labute approximate surface area is 183 Å². The van der Waals surface area contributed by atoms with Gasteiger partial charge in [0.05, 0.1) is 29.0 Å². The molecule has 0 bridgehead atoms. The molecule has 2 atom stereocenters. The summed E-state index contributed by atoms with van der Waals surface area (Å²) in [6.07, 6.45) is -2.10. The van der Waals surface area contributed by atoms with E-state index in [0.717, 1.165) is 42.1 Å². The van der Waals surface area contributed by atoms with Crippen LogP contribution >= 0.6 is 0 Å². The van der Waals surface area contributed by atoms with Gasteiger partial charge in [-0.05, 0) is 69.1 Å². The van der Waals surface area contributed by atoms with E-state index in [0.29, 0.717) is 6.42 Å². The lowest BCUT2D eigenvalue weighted by atomic mass is 9.97. The maximum Gasteiger partial charge on any atom is 0.433 e. The number of carbonyl (C=O) groups is 1. The number of anilines is 1. The average molecular weight is 446 g/mol. The van der Waals surface area contributed by atoms with Crippen LogP contribution in [0.3, 0.4) is 0 Å². The smallest absolute Gasteiger partial charge is 0.341 e. The van der Waals surface area contributed by atoms with Crippen LogP contribution in [0.4, 0.5) is 23.7 Å². The largest absolute Gasteiger partial charge is 0.433 e. The number of urea groups is 1. The number of carbonyl (C=O) groups excluding carboxylic acids is 1. The standard InChI is InChI=1S/C22H25F3N6O/c1-12-8-16-17(9-13(12)2)30-20(29-16)18-10-14(6-7-31(18)3)27-21(32)28-15-4-5-19(26-11-15)22(23,24)25/h4-5,8-9,11,14,18H,6-7,10H2,1-3H3,(H,29,30)(H2,27,28,32). The minimum atomic E-state index is -4.52. The van der Waals surface area contributed by atoms with E-state index in [1.165, 1.54) is 17.2 Å². The summed E-state index contributed by atoms with van der Waals surface area (Å²) in [6, 6.07) is 5.61. The van der Waals surface area contributed by atoms with Gasteiger partial charge in [-0.3, -0.25) is 4.90 Å². The molecule has 32 heavy (non-hydrogen) atoms. The Kier molecular flexibility index (Phi) is 5.81. The quantitative estimate of drug-likeness (QED) is 0.551. The van der Waals surface area contributed by atoms with E-state index >= 15 is 0 Å². The molecule has 10 heteroatoms. The highest BCUT2D eigenvalue weighted by Crippen LogP contribution is 2.30. The number of nitrogens with zero attached hydrogens (tertiary/aromatic N) is 3. The lowest BCUT2D eigenvalue weighted by molar-refractivity contribution is -0.141. The number of hydrogen-bond donors (Lipinski definition) is 3. The Balaban J connectivity index is 1.41. The predicted molar refractivity (Wildman–Crippen MR) is 115 cm³/mol. The van der Waals surface area contributed by atoms with Crippen LogP contribution in [-0.4, -0.2) is 45.5 Å². The normalized spacial score (nSPS) is 19.8. The lowest BCUT2D eigenvalue weighted by Gasteiger charge is -2.36. The van der Waals surface area contributed by atoms with Gasteiger partial charge in [0.25, 0.3) is 0 Å². The zero-order chi connectivity index (χ0) is 23.0. The third kappa shape index (κ3) is 4.69. The number of halogens is 3. The molecule has 2 amide bonds. The molecule has 0 radical (unpaired) electrons. The second-order valence-corrected chi connectivity index (χ2v) is 8.32. The molecule has 1 aromatic carbocycles. The van der Waals surface area contributed by atoms with Crippen LogP contribution in [-0.2, 0) is 6.18 Å². The van der Waals surface area contributed by atoms with Crippen molar-refractivity contribution in [3.8, 4) is 0 Å². The Morgan fingerprint density at radius 1 is 1.22 bits per heavy atom. The molecule has 1 saturated heterocycles.